The predicted molar refractivity (Wildman–Crippen MR) is 53.4 cm³/mol. The maximum absolute atomic E-state index is 9.45. The van der Waals surface area contributed by atoms with Gasteiger partial charge in [0.15, 0.2) is 0 Å². The minimum atomic E-state index is -0.163. The van der Waals surface area contributed by atoms with Crippen LogP contribution in [0.1, 0.15) is 13.3 Å². The highest BCUT2D eigenvalue weighted by Gasteiger charge is 2.17. The number of nitrogens with two attached hydrogens (primary N) is 1. The van der Waals surface area contributed by atoms with Crippen LogP contribution in [0.25, 0.3) is 0 Å². The average Bonchev–Trinajstić information content (AvgIpc) is 2.19. The molecule has 0 aromatic rings. The number of aliphatic hydroxyl groups excluding tert-OH is 1. The van der Waals surface area contributed by atoms with Crippen molar-refractivity contribution in [3.63, 3.8) is 0 Å². The van der Waals surface area contributed by atoms with Crippen molar-refractivity contribution in [3.8, 4) is 0 Å². The van der Waals surface area contributed by atoms with Gasteiger partial charge in [0.2, 0.25) is 0 Å². The third-order valence-corrected chi connectivity index (χ3v) is 2.66. The average molecular weight is 187 g/mol. The Hall–Kier alpha value is -0.160. The van der Waals surface area contributed by atoms with E-state index in [-0.39, 0.29) is 6.10 Å². The van der Waals surface area contributed by atoms with Crippen LogP contribution >= 0.6 is 0 Å². The Labute approximate surface area is 80.3 Å². The van der Waals surface area contributed by atoms with Gasteiger partial charge in [0.25, 0.3) is 0 Å². The number of aliphatic hydroxyl groups is 1. The highest BCUT2D eigenvalue weighted by Crippen LogP contribution is 2.02. The Morgan fingerprint density at radius 3 is 2.23 bits per heavy atom. The van der Waals surface area contributed by atoms with Crippen LogP contribution in [-0.4, -0.2) is 60.4 Å². The molecule has 0 spiro atoms. The van der Waals surface area contributed by atoms with E-state index in [1.165, 1.54) is 0 Å². The van der Waals surface area contributed by atoms with Gasteiger partial charge in [-0.05, 0) is 6.42 Å². The van der Waals surface area contributed by atoms with E-state index in [0.717, 1.165) is 39.1 Å². The zero-order valence-electron chi connectivity index (χ0n) is 8.45. The van der Waals surface area contributed by atoms with E-state index in [9.17, 15) is 5.11 Å². The first-order valence-electron chi connectivity index (χ1n) is 5.09. The Morgan fingerprint density at radius 2 is 1.77 bits per heavy atom. The van der Waals surface area contributed by atoms with Crippen LogP contribution in [0.15, 0.2) is 0 Å². The molecule has 4 heteroatoms. The maximum Gasteiger partial charge on any atom is 0.0664 e. The first-order chi connectivity index (χ1) is 6.26. The fraction of sp³-hybridized carbons (Fsp3) is 1.00. The third-order valence-electron chi connectivity index (χ3n) is 2.66. The van der Waals surface area contributed by atoms with Crippen LogP contribution in [0.4, 0.5) is 0 Å². The van der Waals surface area contributed by atoms with Crippen LogP contribution in [-0.2, 0) is 0 Å². The summed E-state index contributed by atoms with van der Waals surface area (Å²) in [5.74, 6) is 0. The van der Waals surface area contributed by atoms with Crippen molar-refractivity contribution in [2.24, 2.45) is 5.73 Å². The molecular formula is C9H21N3O. The van der Waals surface area contributed by atoms with E-state index in [1.807, 2.05) is 6.92 Å². The molecular weight excluding hydrogens is 166 g/mol. The number of nitrogens with zero attached hydrogens (tertiary/aromatic N) is 2. The van der Waals surface area contributed by atoms with Crippen LogP contribution in [0.2, 0.25) is 0 Å². The molecule has 1 fully saturated rings. The van der Waals surface area contributed by atoms with Gasteiger partial charge in [-0.1, -0.05) is 6.92 Å². The van der Waals surface area contributed by atoms with E-state index in [2.05, 4.69) is 9.80 Å². The Morgan fingerprint density at radius 1 is 1.23 bits per heavy atom. The molecule has 0 aromatic carbocycles. The topological polar surface area (TPSA) is 52.7 Å². The second kappa shape index (κ2) is 5.54. The van der Waals surface area contributed by atoms with E-state index in [0.29, 0.717) is 6.67 Å². The first kappa shape index (κ1) is 10.9. The molecule has 0 amide bonds. The number of rotatable bonds is 4. The molecule has 13 heavy (non-hydrogen) atoms. The molecule has 1 unspecified atom stereocenters. The summed E-state index contributed by atoms with van der Waals surface area (Å²) in [5, 5.41) is 9.45. The molecule has 3 N–H and O–H groups in total. The monoisotopic (exact) mass is 187 g/mol. The molecule has 1 aliphatic heterocycles. The lowest BCUT2D eigenvalue weighted by molar-refractivity contribution is 0.0719. The maximum atomic E-state index is 9.45. The van der Waals surface area contributed by atoms with Crippen LogP contribution in [0.3, 0.4) is 0 Å². The summed E-state index contributed by atoms with van der Waals surface area (Å²) in [7, 11) is 0. The van der Waals surface area contributed by atoms with Gasteiger partial charge in [-0.25, -0.2) is 0 Å². The van der Waals surface area contributed by atoms with E-state index in [4.69, 9.17) is 5.73 Å². The van der Waals surface area contributed by atoms with E-state index in [1.54, 1.807) is 0 Å². The summed E-state index contributed by atoms with van der Waals surface area (Å²) in [6, 6.07) is 0. The van der Waals surface area contributed by atoms with Gasteiger partial charge in [0.05, 0.1) is 6.10 Å². The molecule has 0 radical (unpaired) electrons. The standard InChI is InChI=1S/C9H21N3O/c1-2-9(13)7-11-3-5-12(8-10)6-4-11/h9,13H,2-8,10H2,1H3. The lowest BCUT2D eigenvalue weighted by Gasteiger charge is -2.34. The summed E-state index contributed by atoms with van der Waals surface area (Å²) in [4.78, 5) is 4.54. The van der Waals surface area contributed by atoms with Gasteiger partial charge < -0.3 is 10.8 Å². The second-order valence-corrected chi connectivity index (χ2v) is 3.66. The molecule has 0 bridgehead atoms. The fourth-order valence-electron chi connectivity index (χ4n) is 1.58. The van der Waals surface area contributed by atoms with Gasteiger partial charge in [-0.2, -0.15) is 0 Å². The van der Waals surface area contributed by atoms with Gasteiger partial charge >= 0.3 is 0 Å². The van der Waals surface area contributed by atoms with Gasteiger partial charge in [-0.3, -0.25) is 9.80 Å². The SMILES string of the molecule is CCC(O)CN1CCN(CN)CC1. The molecule has 1 saturated heterocycles. The Kier molecular flexibility index (Phi) is 4.66. The third kappa shape index (κ3) is 3.60. The molecule has 0 aliphatic carbocycles. The zero-order chi connectivity index (χ0) is 9.68. The minimum Gasteiger partial charge on any atom is -0.392 e. The molecule has 1 heterocycles. The van der Waals surface area contributed by atoms with Crippen molar-refractivity contribution in [1.29, 1.82) is 0 Å². The minimum absolute atomic E-state index is 0.163. The van der Waals surface area contributed by atoms with Crippen molar-refractivity contribution in [2.75, 3.05) is 39.4 Å². The van der Waals surface area contributed by atoms with Crippen molar-refractivity contribution in [3.05, 3.63) is 0 Å². The smallest absolute Gasteiger partial charge is 0.0664 e. The summed E-state index contributed by atoms with van der Waals surface area (Å²) < 4.78 is 0. The normalized spacial score (nSPS) is 23.3. The molecule has 0 saturated carbocycles. The van der Waals surface area contributed by atoms with Crippen LogP contribution in [0, 0.1) is 0 Å². The number of hydrogen-bond acceptors (Lipinski definition) is 4. The second-order valence-electron chi connectivity index (χ2n) is 3.66. The predicted octanol–water partition coefficient (Wildman–Crippen LogP) is -0.709. The fourth-order valence-corrected chi connectivity index (χ4v) is 1.58. The largest absolute Gasteiger partial charge is 0.392 e. The molecule has 1 rings (SSSR count). The van der Waals surface area contributed by atoms with E-state index >= 15 is 0 Å². The van der Waals surface area contributed by atoms with Crippen LogP contribution in [0.5, 0.6) is 0 Å². The number of hydrogen-bond donors (Lipinski definition) is 2. The van der Waals surface area contributed by atoms with Crippen molar-refractivity contribution in [1.82, 2.24) is 9.80 Å². The van der Waals surface area contributed by atoms with Gasteiger partial charge in [0, 0.05) is 39.4 Å². The van der Waals surface area contributed by atoms with Crippen molar-refractivity contribution < 1.29 is 5.11 Å². The molecule has 4 nitrogen and oxygen atoms in total. The lowest BCUT2D eigenvalue weighted by atomic mass is 10.2. The highest BCUT2D eigenvalue weighted by molar-refractivity contribution is 4.72. The van der Waals surface area contributed by atoms with Crippen molar-refractivity contribution >= 4 is 0 Å². The van der Waals surface area contributed by atoms with Gasteiger partial charge in [-0.15, -0.1) is 0 Å². The summed E-state index contributed by atoms with van der Waals surface area (Å²) >= 11 is 0. The molecule has 1 aliphatic rings. The summed E-state index contributed by atoms with van der Waals surface area (Å²) in [6.07, 6.45) is 0.682. The Bertz CT molecular complexity index is 135. The summed E-state index contributed by atoms with van der Waals surface area (Å²) in [5.41, 5.74) is 5.53. The molecule has 1 atom stereocenters. The van der Waals surface area contributed by atoms with Gasteiger partial charge in [0.1, 0.15) is 0 Å². The van der Waals surface area contributed by atoms with E-state index < -0.39 is 0 Å². The molecule has 0 aromatic heterocycles. The zero-order valence-corrected chi connectivity index (χ0v) is 8.45. The van der Waals surface area contributed by atoms with Crippen LogP contribution < -0.4 is 5.73 Å². The quantitative estimate of drug-likeness (QED) is 0.610. The molecule has 78 valence electrons. The van der Waals surface area contributed by atoms with Crippen molar-refractivity contribution in [2.45, 2.75) is 19.4 Å². The number of piperazine rings is 1. The summed E-state index contributed by atoms with van der Waals surface area (Å²) in [6.45, 7) is 7.63. The Balaban J connectivity index is 2.17. The first-order valence-corrected chi connectivity index (χ1v) is 5.09. The highest BCUT2D eigenvalue weighted by atomic mass is 16.3. The lowest BCUT2D eigenvalue weighted by Crippen LogP contribution is -2.49. The number of β-amino-alcohol motifs (C(OH)–C–C–N with tert-alkyl or cyclic N) is 1.